The van der Waals surface area contributed by atoms with Gasteiger partial charge in [0.25, 0.3) is 0 Å². The lowest BCUT2D eigenvalue weighted by Crippen LogP contribution is -2.37. The van der Waals surface area contributed by atoms with Crippen molar-refractivity contribution in [3.63, 3.8) is 0 Å². The van der Waals surface area contributed by atoms with Crippen LogP contribution in [0.25, 0.3) is 0 Å². The van der Waals surface area contributed by atoms with Gasteiger partial charge in [0.1, 0.15) is 5.75 Å². The second-order valence-corrected chi connectivity index (χ2v) is 5.59. The molecule has 0 aromatic heterocycles. The minimum Gasteiger partial charge on any atom is -0.410 e. The lowest BCUT2D eigenvalue weighted by Gasteiger charge is -2.29. The molecule has 0 heterocycles. The predicted molar refractivity (Wildman–Crippen MR) is 92.2 cm³/mol. The van der Waals surface area contributed by atoms with Gasteiger partial charge >= 0.3 is 6.16 Å². The molecule has 2 rings (SSSR count). The number of aryl methyl sites for hydroxylation is 1. The maximum absolute atomic E-state index is 12.0. The molecule has 0 N–H and O–H groups in total. The largest absolute Gasteiger partial charge is 0.515 e. The Kier molecular flexibility index (Phi) is 5.88. The van der Waals surface area contributed by atoms with E-state index < -0.39 is 12.4 Å². The fraction of sp³-hybridized carbons (Fsp3) is 0.278. The van der Waals surface area contributed by atoms with Crippen LogP contribution in [0, 0.1) is 6.92 Å². The van der Waals surface area contributed by atoms with Crippen LogP contribution in [0.3, 0.4) is 0 Å². The number of nitrogens with zero attached hydrogens (tertiary/aromatic N) is 1. The normalized spacial score (nSPS) is 11.7. The Morgan fingerprint density at radius 1 is 1.22 bits per heavy atom. The van der Waals surface area contributed by atoms with E-state index in [0.717, 1.165) is 11.3 Å². The second kappa shape index (κ2) is 7.88. The third-order valence-corrected chi connectivity index (χ3v) is 3.61. The Labute approximate surface area is 141 Å². The molecule has 122 valence electrons. The van der Waals surface area contributed by atoms with Crippen molar-refractivity contribution in [1.29, 1.82) is 0 Å². The SMILES string of the molecule is CCN(c1cccc(Cl)c1)C(C)OC(=O)Oc1cccc(C)c1. The van der Waals surface area contributed by atoms with E-state index in [1.54, 1.807) is 25.1 Å². The van der Waals surface area contributed by atoms with Crippen molar-refractivity contribution < 1.29 is 14.3 Å². The molecule has 0 spiro atoms. The molecular weight excluding hydrogens is 314 g/mol. The summed E-state index contributed by atoms with van der Waals surface area (Å²) in [6, 6.07) is 14.7. The maximum Gasteiger partial charge on any atom is 0.515 e. The van der Waals surface area contributed by atoms with Gasteiger partial charge in [-0.3, -0.25) is 0 Å². The van der Waals surface area contributed by atoms with E-state index in [1.807, 2.05) is 49.1 Å². The summed E-state index contributed by atoms with van der Waals surface area (Å²) in [6.45, 7) is 6.37. The van der Waals surface area contributed by atoms with Gasteiger partial charge in [-0.15, -0.1) is 0 Å². The topological polar surface area (TPSA) is 38.8 Å². The Morgan fingerprint density at radius 2 is 1.96 bits per heavy atom. The third kappa shape index (κ3) is 4.89. The molecule has 5 heteroatoms. The first-order valence-electron chi connectivity index (χ1n) is 7.47. The van der Waals surface area contributed by atoms with Gasteiger partial charge < -0.3 is 14.4 Å². The van der Waals surface area contributed by atoms with Crippen LogP contribution in [0.2, 0.25) is 5.02 Å². The number of rotatable bonds is 5. The van der Waals surface area contributed by atoms with Gasteiger partial charge in [-0.2, -0.15) is 0 Å². The van der Waals surface area contributed by atoms with E-state index in [1.165, 1.54) is 0 Å². The molecule has 4 nitrogen and oxygen atoms in total. The third-order valence-electron chi connectivity index (χ3n) is 3.38. The lowest BCUT2D eigenvalue weighted by atomic mass is 10.2. The number of anilines is 1. The number of carbonyl (C=O) groups excluding carboxylic acids is 1. The molecule has 0 fully saturated rings. The highest BCUT2D eigenvalue weighted by Gasteiger charge is 2.18. The molecule has 0 radical (unpaired) electrons. The van der Waals surface area contributed by atoms with Gasteiger partial charge in [0.2, 0.25) is 0 Å². The molecule has 1 atom stereocenters. The van der Waals surface area contributed by atoms with Gasteiger partial charge in [-0.1, -0.05) is 29.8 Å². The zero-order valence-corrected chi connectivity index (χ0v) is 14.2. The van der Waals surface area contributed by atoms with E-state index in [2.05, 4.69) is 0 Å². The summed E-state index contributed by atoms with van der Waals surface area (Å²) < 4.78 is 10.6. The van der Waals surface area contributed by atoms with Gasteiger partial charge in [0.05, 0.1) is 0 Å². The molecule has 0 bridgehead atoms. The summed E-state index contributed by atoms with van der Waals surface area (Å²) >= 11 is 6.02. The number of hydrogen-bond acceptors (Lipinski definition) is 4. The molecule has 0 saturated heterocycles. The van der Waals surface area contributed by atoms with Crippen molar-refractivity contribution in [3.8, 4) is 5.75 Å². The molecule has 1 unspecified atom stereocenters. The minimum absolute atomic E-state index is 0.466. The summed E-state index contributed by atoms with van der Waals surface area (Å²) in [7, 11) is 0. The van der Waals surface area contributed by atoms with Crippen molar-refractivity contribution in [3.05, 3.63) is 59.1 Å². The van der Waals surface area contributed by atoms with Crippen molar-refractivity contribution in [2.24, 2.45) is 0 Å². The van der Waals surface area contributed by atoms with Crippen LogP contribution < -0.4 is 9.64 Å². The molecule has 0 saturated carbocycles. The van der Waals surface area contributed by atoms with Crippen LogP contribution in [-0.4, -0.2) is 18.9 Å². The highest BCUT2D eigenvalue weighted by Crippen LogP contribution is 2.22. The Hall–Kier alpha value is -2.20. The molecule has 0 aliphatic rings. The van der Waals surface area contributed by atoms with Crippen LogP contribution in [-0.2, 0) is 4.74 Å². The predicted octanol–water partition coefficient (Wildman–Crippen LogP) is 5.04. The fourth-order valence-corrected chi connectivity index (χ4v) is 2.49. The fourth-order valence-electron chi connectivity index (χ4n) is 2.31. The Bertz CT molecular complexity index is 675. The van der Waals surface area contributed by atoms with E-state index >= 15 is 0 Å². The monoisotopic (exact) mass is 333 g/mol. The molecule has 2 aromatic carbocycles. The van der Waals surface area contributed by atoms with E-state index in [0.29, 0.717) is 17.3 Å². The summed E-state index contributed by atoms with van der Waals surface area (Å²) in [5, 5.41) is 0.635. The maximum atomic E-state index is 12.0. The molecule has 0 aliphatic heterocycles. The van der Waals surface area contributed by atoms with E-state index in [9.17, 15) is 4.79 Å². The number of carbonyl (C=O) groups is 1. The van der Waals surface area contributed by atoms with Crippen LogP contribution in [0.1, 0.15) is 19.4 Å². The standard InChI is InChI=1S/C18H20ClNO3/c1-4-20(16-9-6-8-15(19)12-16)14(3)22-18(21)23-17-10-5-7-13(2)11-17/h5-12,14H,4H2,1-3H3. The number of ether oxygens (including phenoxy) is 2. The van der Waals surface area contributed by atoms with Crippen LogP contribution >= 0.6 is 11.6 Å². The summed E-state index contributed by atoms with van der Waals surface area (Å²) in [5.74, 6) is 0.466. The second-order valence-electron chi connectivity index (χ2n) is 5.15. The highest BCUT2D eigenvalue weighted by molar-refractivity contribution is 6.30. The van der Waals surface area contributed by atoms with Crippen molar-refractivity contribution in [2.45, 2.75) is 27.0 Å². The van der Waals surface area contributed by atoms with Gasteiger partial charge in [0.15, 0.2) is 6.23 Å². The van der Waals surface area contributed by atoms with Crippen molar-refractivity contribution >= 4 is 23.4 Å². The molecule has 0 aliphatic carbocycles. The minimum atomic E-state index is -0.733. The number of halogens is 1. The van der Waals surface area contributed by atoms with Gasteiger partial charge in [-0.05, 0) is 56.7 Å². The molecular formula is C18H20ClNO3. The van der Waals surface area contributed by atoms with Crippen molar-refractivity contribution in [1.82, 2.24) is 0 Å². The quantitative estimate of drug-likeness (QED) is 0.436. The number of benzene rings is 2. The van der Waals surface area contributed by atoms with Gasteiger partial charge in [0, 0.05) is 17.3 Å². The molecule has 23 heavy (non-hydrogen) atoms. The molecule has 0 amide bonds. The molecule has 2 aromatic rings. The van der Waals surface area contributed by atoms with E-state index in [-0.39, 0.29) is 0 Å². The van der Waals surface area contributed by atoms with Crippen LogP contribution in [0.5, 0.6) is 5.75 Å². The first kappa shape index (κ1) is 17.2. The average Bonchev–Trinajstić information content (AvgIpc) is 2.47. The Morgan fingerprint density at radius 3 is 2.61 bits per heavy atom. The van der Waals surface area contributed by atoms with E-state index in [4.69, 9.17) is 21.1 Å². The van der Waals surface area contributed by atoms with Crippen LogP contribution in [0.4, 0.5) is 10.5 Å². The number of hydrogen-bond donors (Lipinski definition) is 0. The summed E-state index contributed by atoms with van der Waals surface area (Å²) in [5.41, 5.74) is 1.90. The first-order valence-corrected chi connectivity index (χ1v) is 7.84. The highest BCUT2D eigenvalue weighted by atomic mass is 35.5. The zero-order valence-electron chi connectivity index (χ0n) is 13.5. The Balaban J connectivity index is 2.01. The average molecular weight is 334 g/mol. The smallest absolute Gasteiger partial charge is 0.410 e. The van der Waals surface area contributed by atoms with Gasteiger partial charge in [-0.25, -0.2) is 4.79 Å². The summed E-state index contributed by atoms with van der Waals surface area (Å²) in [6.07, 6.45) is -1.21. The lowest BCUT2D eigenvalue weighted by molar-refractivity contribution is 0.0645. The first-order chi connectivity index (χ1) is 11.0. The van der Waals surface area contributed by atoms with Crippen LogP contribution in [0.15, 0.2) is 48.5 Å². The van der Waals surface area contributed by atoms with Crippen molar-refractivity contribution in [2.75, 3.05) is 11.4 Å². The summed E-state index contributed by atoms with van der Waals surface area (Å²) in [4.78, 5) is 13.9. The zero-order chi connectivity index (χ0) is 16.8.